The Morgan fingerprint density at radius 1 is 1.50 bits per heavy atom. The molecule has 2 N–H and O–H groups in total. The molecule has 1 rings (SSSR count). The molecule has 0 bridgehead atoms. The molecule has 0 fully saturated rings. The maximum Gasteiger partial charge on any atom is 0.372 e. The van der Waals surface area contributed by atoms with E-state index in [0.29, 0.717) is 5.56 Å². The average Bonchev–Trinajstić information content (AvgIpc) is 2.16. The second kappa shape index (κ2) is 5.25. The molecule has 0 unspecified atom stereocenters. The lowest BCUT2D eigenvalue weighted by Gasteiger charge is -2.05. The summed E-state index contributed by atoms with van der Waals surface area (Å²) >= 11 is 0. The molecule has 86 valence electrons. The van der Waals surface area contributed by atoms with Crippen LogP contribution in [0.25, 0.3) is 0 Å². The molecule has 16 heavy (non-hydrogen) atoms. The number of nitrogens with zero attached hydrogens (tertiary/aromatic N) is 1. The summed E-state index contributed by atoms with van der Waals surface area (Å²) in [5.41, 5.74) is 5.49. The van der Waals surface area contributed by atoms with Gasteiger partial charge in [-0.3, -0.25) is 4.79 Å². The maximum atomic E-state index is 11.3. The van der Waals surface area contributed by atoms with E-state index in [-0.39, 0.29) is 18.6 Å². The number of carbonyl (C=O) groups excluding carboxylic acids is 2. The normalized spacial score (nSPS) is 10.2. The summed E-state index contributed by atoms with van der Waals surface area (Å²) in [7, 11) is 0. The summed E-state index contributed by atoms with van der Waals surface area (Å²) in [5, 5.41) is 0. The van der Waals surface area contributed by atoms with E-state index in [9.17, 15) is 9.59 Å². The fourth-order valence-corrected chi connectivity index (χ4v) is 1.22. The molecule has 0 aromatic carbocycles. The van der Waals surface area contributed by atoms with Crippen molar-refractivity contribution < 1.29 is 18.9 Å². The van der Waals surface area contributed by atoms with Gasteiger partial charge >= 0.3 is 5.97 Å². The maximum absolute atomic E-state index is 11.3. The first-order chi connectivity index (χ1) is 7.49. The number of ether oxygens (including phenoxy) is 1. The van der Waals surface area contributed by atoms with Gasteiger partial charge in [-0.05, 0) is 19.9 Å². The minimum atomic E-state index is -0.522. The van der Waals surface area contributed by atoms with Crippen LogP contribution in [0.4, 0.5) is 0 Å². The summed E-state index contributed by atoms with van der Waals surface area (Å²) in [6, 6.07) is 3.25. The van der Waals surface area contributed by atoms with Crippen LogP contribution in [0, 0.1) is 0 Å². The van der Waals surface area contributed by atoms with E-state index in [1.165, 1.54) is 6.20 Å². The minimum absolute atomic E-state index is 0.0687. The second-order valence-electron chi connectivity index (χ2n) is 3.67. The van der Waals surface area contributed by atoms with Crippen molar-refractivity contribution in [2.24, 2.45) is 5.73 Å². The Hall–Kier alpha value is -1.91. The largest absolute Gasteiger partial charge is 0.458 e. The number of rotatable bonds is 4. The van der Waals surface area contributed by atoms with Crippen molar-refractivity contribution in [2.75, 3.05) is 0 Å². The van der Waals surface area contributed by atoms with Crippen LogP contribution in [-0.4, -0.2) is 18.0 Å². The van der Waals surface area contributed by atoms with E-state index < -0.39 is 5.91 Å². The first-order valence-electron chi connectivity index (χ1n) is 4.97. The molecular weight excluding hydrogens is 208 g/mol. The van der Waals surface area contributed by atoms with Crippen LogP contribution < -0.4 is 10.3 Å². The highest BCUT2D eigenvalue weighted by molar-refractivity contribution is 5.92. The van der Waals surface area contributed by atoms with Gasteiger partial charge in [-0.1, -0.05) is 0 Å². The van der Waals surface area contributed by atoms with E-state index in [1.807, 2.05) is 0 Å². The van der Waals surface area contributed by atoms with Gasteiger partial charge in [-0.2, -0.15) is 4.57 Å². The lowest BCUT2D eigenvalue weighted by molar-refractivity contribution is -0.686. The van der Waals surface area contributed by atoms with Crippen LogP contribution in [0.2, 0.25) is 0 Å². The Bertz CT molecular complexity index is 402. The van der Waals surface area contributed by atoms with E-state index in [2.05, 4.69) is 0 Å². The smallest absolute Gasteiger partial charge is 0.372 e. The van der Waals surface area contributed by atoms with Gasteiger partial charge in [0.1, 0.15) is 5.56 Å². The lowest BCUT2D eigenvalue weighted by atomic mass is 10.3. The zero-order valence-corrected chi connectivity index (χ0v) is 9.34. The topological polar surface area (TPSA) is 73.3 Å². The quantitative estimate of drug-likeness (QED) is 0.578. The Morgan fingerprint density at radius 3 is 2.75 bits per heavy atom. The van der Waals surface area contributed by atoms with Gasteiger partial charge in [-0.15, -0.1) is 0 Å². The molecule has 0 spiro atoms. The van der Waals surface area contributed by atoms with Gasteiger partial charge in [-0.25, -0.2) is 4.79 Å². The molecule has 0 saturated heterocycles. The van der Waals surface area contributed by atoms with Crippen LogP contribution in [0.5, 0.6) is 0 Å². The third-order valence-electron chi connectivity index (χ3n) is 1.82. The van der Waals surface area contributed by atoms with Crippen molar-refractivity contribution >= 4 is 11.9 Å². The standard InChI is InChI=1S/C11H14N2O3/c1-8(2)16-10(14)7-13-5-3-4-9(6-13)11(12)15/h3-6,8H,7H2,1-2H3,(H-,12,15)/p+1. The molecule has 1 heterocycles. The molecule has 0 aliphatic rings. The highest BCUT2D eigenvalue weighted by Gasteiger charge is 2.13. The average molecular weight is 223 g/mol. The van der Waals surface area contributed by atoms with Crippen molar-refractivity contribution in [1.82, 2.24) is 0 Å². The molecule has 0 aliphatic carbocycles. The van der Waals surface area contributed by atoms with Crippen LogP contribution in [-0.2, 0) is 16.1 Å². The Balaban J connectivity index is 2.70. The van der Waals surface area contributed by atoms with Gasteiger partial charge in [0.15, 0.2) is 12.4 Å². The fourth-order valence-electron chi connectivity index (χ4n) is 1.22. The predicted molar refractivity (Wildman–Crippen MR) is 56.4 cm³/mol. The number of aromatic nitrogens is 1. The molecule has 1 aromatic rings. The highest BCUT2D eigenvalue weighted by atomic mass is 16.5. The number of nitrogens with two attached hydrogens (primary N) is 1. The van der Waals surface area contributed by atoms with Crippen LogP contribution >= 0.6 is 0 Å². The van der Waals surface area contributed by atoms with Crippen LogP contribution in [0.1, 0.15) is 24.2 Å². The summed E-state index contributed by atoms with van der Waals surface area (Å²) in [4.78, 5) is 22.3. The van der Waals surface area contributed by atoms with Gasteiger partial charge in [0.2, 0.25) is 6.54 Å². The second-order valence-corrected chi connectivity index (χ2v) is 3.67. The number of hydrogen-bond donors (Lipinski definition) is 1. The number of primary amides is 1. The number of amides is 1. The monoisotopic (exact) mass is 223 g/mol. The molecule has 0 aliphatic heterocycles. The van der Waals surface area contributed by atoms with Crippen LogP contribution in [0.15, 0.2) is 24.5 Å². The molecule has 0 saturated carbocycles. The molecule has 5 heteroatoms. The van der Waals surface area contributed by atoms with Crippen molar-refractivity contribution in [3.63, 3.8) is 0 Å². The SMILES string of the molecule is CC(C)OC(=O)C[n+]1cccc(C(N)=O)c1. The van der Waals surface area contributed by atoms with Crippen molar-refractivity contribution in [1.29, 1.82) is 0 Å². The first-order valence-corrected chi connectivity index (χ1v) is 4.97. The van der Waals surface area contributed by atoms with Gasteiger partial charge in [0, 0.05) is 6.07 Å². The van der Waals surface area contributed by atoms with Gasteiger partial charge in [0.25, 0.3) is 5.91 Å². The predicted octanol–water partition coefficient (Wildman–Crippen LogP) is 0.0246. The first kappa shape index (κ1) is 12.2. The third kappa shape index (κ3) is 3.68. The van der Waals surface area contributed by atoms with E-state index in [4.69, 9.17) is 10.5 Å². The van der Waals surface area contributed by atoms with Crippen LogP contribution in [0.3, 0.4) is 0 Å². The van der Waals surface area contributed by atoms with Crippen molar-refractivity contribution in [3.05, 3.63) is 30.1 Å². The van der Waals surface area contributed by atoms with Gasteiger partial charge in [0.05, 0.1) is 6.10 Å². The lowest BCUT2D eigenvalue weighted by Crippen LogP contribution is -2.39. The summed E-state index contributed by atoms with van der Waals surface area (Å²) in [5.74, 6) is -0.867. The fraction of sp³-hybridized carbons (Fsp3) is 0.364. The number of esters is 1. The molecular formula is C11H15N2O3+. The van der Waals surface area contributed by atoms with Crippen molar-refractivity contribution in [3.8, 4) is 0 Å². The number of hydrogen-bond acceptors (Lipinski definition) is 3. The summed E-state index contributed by atoms with van der Waals surface area (Å²) in [6.07, 6.45) is 3.05. The highest BCUT2D eigenvalue weighted by Crippen LogP contribution is 1.93. The van der Waals surface area contributed by atoms with E-state index >= 15 is 0 Å². The minimum Gasteiger partial charge on any atom is -0.458 e. The summed E-state index contributed by atoms with van der Waals surface area (Å²) in [6.45, 7) is 3.63. The Kier molecular flexibility index (Phi) is 3.99. The zero-order chi connectivity index (χ0) is 12.1. The molecule has 1 aromatic heterocycles. The number of pyridine rings is 1. The summed E-state index contributed by atoms with van der Waals surface area (Å²) < 4.78 is 6.54. The molecule has 5 nitrogen and oxygen atoms in total. The zero-order valence-electron chi connectivity index (χ0n) is 9.34. The Labute approximate surface area is 93.8 Å². The van der Waals surface area contributed by atoms with Crippen molar-refractivity contribution in [2.45, 2.75) is 26.5 Å². The van der Waals surface area contributed by atoms with E-state index in [0.717, 1.165) is 0 Å². The number of carbonyl (C=O) groups is 2. The third-order valence-corrected chi connectivity index (χ3v) is 1.82. The Morgan fingerprint density at radius 2 is 2.19 bits per heavy atom. The molecule has 1 amide bonds. The van der Waals surface area contributed by atoms with E-state index in [1.54, 1.807) is 36.7 Å². The molecule has 0 radical (unpaired) electrons. The van der Waals surface area contributed by atoms with Gasteiger partial charge < -0.3 is 10.5 Å². The molecule has 0 atom stereocenters.